The molecule has 1 fully saturated rings. The minimum atomic E-state index is 0.0551. The van der Waals surface area contributed by atoms with Crippen molar-refractivity contribution in [1.29, 1.82) is 0 Å². The lowest BCUT2D eigenvalue weighted by Gasteiger charge is -2.31. The van der Waals surface area contributed by atoms with Gasteiger partial charge >= 0.3 is 0 Å². The standard InChI is InChI=1S/C16H23N3O2/c1-12(20)19-10-8-14(9-11-19)18-16(21)7-6-13-4-2-3-5-15(13)17/h2-5,14H,6-11,17H2,1H3,(H,18,21). The van der Waals surface area contributed by atoms with E-state index in [1.165, 1.54) is 0 Å². The van der Waals surface area contributed by atoms with E-state index in [2.05, 4.69) is 5.32 Å². The van der Waals surface area contributed by atoms with Gasteiger partial charge in [-0.05, 0) is 30.9 Å². The van der Waals surface area contributed by atoms with E-state index < -0.39 is 0 Å². The van der Waals surface area contributed by atoms with Crippen molar-refractivity contribution in [3.63, 3.8) is 0 Å². The van der Waals surface area contributed by atoms with Crippen molar-refractivity contribution in [2.75, 3.05) is 18.8 Å². The topological polar surface area (TPSA) is 75.4 Å². The minimum Gasteiger partial charge on any atom is -0.399 e. The van der Waals surface area contributed by atoms with Gasteiger partial charge in [-0.2, -0.15) is 0 Å². The van der Waals surface area contributed by atoms with Crippen LogP contribution in [-0.4, -0.2) is 35.8 Å². The van der Waals surface area contributed by atoms with Gasteiger partial charge in [-0.1, -0.05) is 18.2 Å². The quantitative estimate of drug-likeness (QED) is 0.821. The number of anilines is 1. The Morgan fingerprint density at radius 3 is 2.57 bits per heavy atom. The highest BCUT2D eigenvalue weighted by Gasteiger charge is 2.21. The predicted molar refractivity (Wildman–Crippen MR) is 82.6 cm³/mol. The monoisotopic (exact) mass is 289 g/mol. The maximum atomic E-state index is 12.0. The second-order valence-electron chi connectivity index (χ2n) is 5.55. The predicted octanol–water partition coefficient (Wildman–Crippen LogP) is 1.33. The number of carbonyl (C=O) groups is 2. The summed E-state index contributed by atoms with van der Waals surface area (Å²) in [7, 11) is 0. The molecule has 0 aromatic heterocycles. The highest BCUT2D eigenvalue weighted by Crippen LogP contribution is 2.14. The van der Waals surface area contributed by atoms with Gasteiger partial charge in [0.2, 0.25) is 11.8 Å². The van der Waals surface area contributed by atoms with Gasteiger partial charge in [0.25, 0.3) is 0 Å². The molecule has 21 heavy (non-hydrogen) atoms. The Morgan fingerprint density at radius 2 is 1.95 bits per heavy atom. The molecule has 1 aliphatic rings. The van der Waals surface area contributed by atoms with Gasteiger partial charge < -0.3 is 16.0 Å². The van der Waals surface area contributed by atoms with Crippen molar-refractivity contribution in [2.24, 2.45) is 0 Å². The molecule has 1 heterocycles. The minimum absolute atomic E-state index is 0.0551. The Bertz CT molecular complexity index is 508. The fraction of sp³-hybridized carbons (Fsp3) is 0.500. The lowest BCUT2D eigenvalue weighted by Crippen LogP contribution is -2.46. The number of para-hydroxylation sites is 1. The van der Waals surface area contributed by atoms with Crippen molar-refractivity contribution < 1.29 is 9.59 Å². The van der Waals surface area contributed by atoms with Crippen molar-refractivity contribution in [3.8, 4) is 0 Å². The molecule has 1 aromatic carbocycles. The molecule has 2 amide bonds. The number of amides is 2. The molecule has 1 aromatic rings. The highest BCUT2D eigenvalue weighted by molar-refractivity contribution is 5.77. The molecule has 0 bridgehead atoms. The van der Waals surface area contributed by atoms with Crippen LogP contribution in [0.25, 0.3) is 0 Å². The average molecular weight is 289 g/mol. The zero-order valence-electron chi connectivity index (χ0n) is 12.5. The van der Waals surface area contributed by atoms with Gasteiger partial charge in [0.05, 0.1) is 0 Å². The second kappa shape index (κ2) is 7.11. The number of nitrogens with two attached hydrogens (primary N) is 1. The van der Waals surface area contributed by atoms with E-state index in [1.807, 2.05) is 29.2 Å². The van der Waals surface area contributed by atoms with Gasteiger partial charge in [0, 0.05) is 38.2 Å². The lowest BCUT2D eigenvalue weighted by atomic mass is 10.0. The molecule has 0 atom stereocenters. The first kappa shape index (κ1) is 15.4. The number of hydrogen-bond acceptors (Lipinski definition) is 3. The summed E-state index contributed by atoms with van der Waals surface area (Å²) in [6, 6.07) is 7.81. The number of rotatable bonds is 4. The van der Waals surface area contributed by atoms with Crippen LogP contribution in [0.2, 0.25) is 0 Å². The molecule has 1 aliphatic heterocycles. The molecule has 0 radical (unpaired) electrons. The summed E-state index contributed by atoms with van der Waals surface area (Å²) >= 11 is 0. The highest BCUT2D eigenvalue weighted by atomic mass is 16.2. The summed E-state index contributed by atoms with van der Waals surface area (Å²) in [5.74, 6) is 0.166. The number of nitrogens with zero attached hydrogens (tertiary/aromatic N) is 1. The van der Waals surface area contributed by atoms with Crippen LogP contribution in [0.15, 0.2) is 24.3 Å². The number of aryl methyl sites for hydroxylation is 1. The van der Waals surface area contributed by atoms with Crippen LogP contribution in [0.1, 0.15) is 31.7 Å². The largest absolute Gasteiger partial charge is 0.399 e. The summed E-state index contributed by atoms with van der Waals surface area (Å²) < 4.78 is 0. The van der Waals surface area contributed by atoms with Crippen LogP contribution in [-0.2, 0) is 16.0 Å². The first-order chi connectivity index (χ1) is 10.1. The number of benzene rings is 1. The number of hydrogen-bond donors (Lipinski definition) is 2. The van der Waals surface area contributed by atoms with Crippen LogP contribution in [0.3, 0.4) is 0 Å². The Kier molecular flexibility index (Phi) is 5.20. The maximum absolute atomic E-state index is 12.0. The summed E-state index contributed by atoms with van der Waals surface area (Å²) in [6.45, 7) is 3.04. The molecule has 114 valence electrons. The van der Waals surface area contributed by atoms with E-state index in [1.54, 1.807) is 6.92 Å². The molecule has 2 rings (SSSR count). The molecule has 0 aliphatic carbocycles. The van der Waals surface area contributed by atoms with Gasteiger partial charge in [0.15, 0.2) is 0 Å². The smallest absolute Gasteiger partial charge is 0.220 e. The number of likely N-dealkylation sites (tertiary alicyclic amines) is 1. The molecule has 0 spiro atoms. The van der Waals surface area contributed by atoms with Crippen molar-refractivity contribution in [3.05, 3.63) is 29.8 Å². The van der Waals surface area contributed by atoms with Gasteiger partial charge in [-0.3, -0.25) is 9.59 Å². The summed E-state index contributed by atoms with van der Waals surface area (Å²) in [5.41, 5.74) is 7.61. The molecule has 0 saturated carbocycles. The number of nitrogen functional groups attached to an aromatic ring is 1. The first-order valence-electron chi connectivity index (χ1n) is 7.44. The fourth-order valence-electron chi connectivity index (χ4n) is 2.65. The normalized spacial score (nSPS) is 15.8. The lowest BCUT2D eigenvalue weighted by molar-refractivity contribution is -0.130. The van der Waals surface area contributed by atoms with Crippen LogP contribution in [0.4, 0.5) is 5.69 Å². The molecule has 5 nitrogen and oxygen atoms in total. The maximum Gasteiger partial charge on any atom is 0.220 e. The van der Waals surface area contributed by atoms with Gasteiger partial charge in [-0.25, -0.2) is 0 Å². The van der Waals surface area contributed by atoms with Crippen molar-refractivity contribution in [2.45, 2.75) is 38.6 Å². The van der Waals surface area contributed by atoms with Gasteiger partial charge in [0.1, 0.15) is 0 Å². The van der Waals surface area contributed by atoms with Crippen LogP contribution in [0.5, 0.6) is 0 Å². The summed E-state index contributed by atoms with van der Waals surface area (Å²) in [6.07, 6.45) is 2.77. The van der Waals surface area contributed by atoms with E-state index in [-0.39, 0.29) is 17.9 Å². The molecular weight excluding hydrogens is 266 g/mol. The SMILES string of the molecule is CC(=O)N1CCC(NC(=O)CCc2ccccc2N)CC1. The Morgan fingerprint density at radius 1 is 1.29 bits per heavy atom. The second-order valence-corrected chi connectivity index (χ2v) is 5.55. The number of nitrogens with one attached hydrogen (secondary N) is 1. The summed E-state index contributed by atoms with van der Waals surface area (Å²) in [4.78, 5) is 25.1. The van der Waals surface area contributed by atoms with Crippen molar-refractivity contribution >= 4 is 17.5 Å². The van der Waals surface area contributed by atoms with E-state index >= 15 is 0 Å². The molecule has 5 heteroatoms. The van der Waals surface area contributed by atoms with Gasteiger partial charge in [-0.15, -0.1) is 0 Å². The Balaban J connectivity index is 1.73. The summed E-state index contributed by atoms with van der Waals surface area (Å²) in [5, 5.41) is 3.05. The van der Waals surface area contributed by atoms with Crippen LogP contribution in [0, 0.1) is 0 Å². The van der Waals surface area contributed by atoms with Crippen LogP contribution < -0.4 is 11.1 Å². The van der Waals surface area contributed by atoms with Crippen molar-refractivity contribution in [1.82, 2.24) is 10.2 Å². The zero-order chi connectivity index (χ0) is 15.2. The third-order valence-corrected chi connectivity index (χ3v) is 3.98. The Hall–Kier alpha value is -2.04. The average Bonchev–Trinajstić information content (AvgIpc) is 2.47. The van der Waals surface area contributed by atoms with E-state index in [9.17, 15) is 9.59 Å². The van der Waals surface area contributed by atoms with E-state index in [0.717, 1.165) is 37.2 Å². The fourth-order valence-corrected chi connectivity index (χ4v) is 2.65. The number of piperidine rings is 1. The molecular formula is C16H23N3O2. The van der Waals surface area contributed by atoms with Crippen LogP contribution >= 0.6 is 0 Å². The number of carbonyl (C=O) groups excluding carboxylic acids is 2. The third kappa shape index (κ3) is 4.48. The first-order valence-corrected chi connectivity index (χ1v) is 7.44. The van der Waals surface area contributed by atoms with E-state index in [0.29, 0.717) is 12.8 Å². The zero-order valence-corrected chi connectivity index (χ0v) is 12.5. The molecule has 1 saturated heterocycles. The molecule has 3 N–H and O–H groups in total. The Labute approximate surface area is 125 Å². The molecule has 0 unspecified atom stereocenters. The van der Waals surface area contributed by atoms with E-state index in [4.69, 9.17) is 5.73 Å². The third-order valence-electron chi connectivity index (χ3n) is 3.98.